The highest BCUT2D eigenvalue weighted by molar-refractivity contribution is 6.49. The van der Waals surface area contributed by atoms with E-state index < -0.39 is 0 Å². The van der Waals surface area contributed by atoms with Gasteiger partial charge in [-0.15, -0.1) is 0 Å². The van der Waals surface area contributed by atoms with Gasteiger partial charge in [0.25, 0.3) is 0 Å². The Balaban J connectivity index is 1.13. The molecule has 0 amide bonds. The van der Waals surface area contributed by atoms with Crippen molar-refractivity contribution in [1.82, 2.24) is 0 Å². The topological polar surface area (TPSA) is 3.24 Å². The zero-order valence-corrected chi connectivity index (χ0v) is 36.5. The molecular formula is C66H39N. The fourth-order valence-corrected chi connectivity index (χ4v) is 12.3. The van der Waals surface area contributed by atoms with Gasteiger partial charge in [-0.3, -0.25) is 0 Å². The third-order valence-corrected chi connectivity index (χ3v) is 14.9. The van der Waals surface area contributed by atoms with Crippen LogP contribution in [0.3, 0.4) is 0 Å². The van der Waals surface area contributed by atoms with E-state index in [9.17, 15) is 0 Å². The Kier molecular flexibility index (Phi) is 7.56. The third-order valence-electron chi connectivity index (χ3n) is 14.9. The van der Waals surface area contributed by atoms with Crippen molar-refractivity contribution in [2.24, 2.45) is 0 Å². The van der Waals surface area contributed by atoms with E-state index in [1.54, 1.807) is 0 Å². The number of para-hydroxylation sites is 2. The minimum atomic E-state index is 1.13. The number of benzene rings is 13. The summed E-state index contributed by atoms with van der Waals surface area (Å²) in [6.07, 6.45) is 0. The van der Waals surface area contributed by atoms with Gasteiger partial charge in [0.2, 0.25) is 0 Å². The highest BCUT2D eigenvalue weighted by Gasteiger charge is 2.30. The summed E-state index contributed by atoms with van der Waals surface area (Å²) in [5.74, 6) is 0. The summed E-state index contributed by atoms with van der Waals surface area (Å²) in [5, 5.41) is 23.6. The van der Waals surface area contributed by atoms with Gasteiger partial charge in [-0.05, 0) is 155 Å². The zero-order chi connectivity index (χ0) is 43.7. The summed E-state index contributed by atoms with van der Waals surface area (Å²) in [6, 6.07) is 88.0. The Labute approximate surface area is 387 Å². The molecule has 1 nitrogen and oxygen atoms in total. The van der Waals surface area contributed by atoms with Crippen LogP contribution < -0.4 is 4.90 Å². The maximum absolute atomic E-state index is 2.45. The van der Waals surface area contributed by atoms with Gasteiger partial charge < -0.3 is 4.90 Å². The normalized spacial score (nSPS) is 12.2. The molecule has 67 heavy (non-hydrogen) atoms. The van der Waals surface area contributed by atoms with Gasteiger partial charge in [0, 0.05) is 16.8 Å². The van der Waals surface area contributed by atoms with Crippen molar-refractivity contribution in [3.63, 3.8) is 0 Å². The first-order valence-corrected chi connectivity index (χ1v) is 23.4. The zero-order valence-electron chi connectivity index (χ0n) is 36.5. The van der Waals surface area contributed by atoms with Crippen LogP contribution >= 0.6 is 0 Å². The summed E-state index contributed by atoms with van der Waals surface area (Å²) < 4.78 is 0. The highest BCUT2D eigenvalue weighted by Crippen LogP contribution is 2.58. The Morgan fingerprint density at radius 1 is 0.194 bits per heavy atom. The second-order valence-corrected chi connectivity index (χ2v) is 18.2. The van der Waals surface area contributed by atoms with Gasteiger partial charge in [-0.25, -0.2) is 0 Å². The fourth-order valence-electron chi connectivity index (χ4n) is 12.3. The third kappa shape index (κ3) is 4.98. The molecule has 0 aliphatic rings. The smallest absolute Gasteiger partial charge is 0.0540 e. The van der Waals surface area contributed by atoms with Crippen molar-refractivity contribution in [3.8, 4) is 33.4 Å². The monoisotopic (exact) mass is 845 g/mol. The van der Waals surface area contributed by atoms with Crippen LogP contribution in [0.4, 0.5) is 17.1 Å². The van der Waals surface area contributed by atoms with E-state index in [0.29, 0.717) is 0 Å². The molecule has 0 unspecified atom stereocenters. The molecule has 0 radical (unpaired) electrons. The molecule has 0 spiro atoms. The molecule has 0 aliphatic carbocycles. The van der Waals surface area contributed by atoms with Crippen LogP contribution in [0.5, 0.6) is 0 Å². The molecule has 15 aromatic rings. The van der Waals surface area contributed by atoms with Crippen LogP contribution in [0.15, 0.2) is 237 Å². The predicted octanol–water partition coefficient (Wildman–Crippen LogP) is 18.8. The molecule has 15 rings (SSSR count). The Hall–Kier alpha value is -8.78. The average molecular weight is 846 g/mol. The number of rotatable bonds is 6. The molecule has 1 heteroatoms. The van der Waals surface area contributed by atoms with Crippen LogP contribution in [-0.4, -0.2) is 0 Å². The van der Waals surface area contributed by atoms with E-state index in [2.05, 4.69) is 241 Å². The van der Waals surface area contributed by atoms with Crippen LogP contribution in [0.1, 0.15) is 0 Å². The van der Waals surface area contributed by atoms with E-state index in [-0.39, 0.29) is 0 Å². The number of hydrogen-bond acceptors (Lipinski definition) is 1. The SMILES string of the molecule is c1ccc(-c2ccc3c4ccc5c6c(-c7ccccc7)c7c8ccc(N(c9ccccc9)c9ccccc9)c9cccc(c7c(-c7ccccc7)c6c6ccc(c7cccc2c73)c4c65)c98)cc1. The molecule has 308 valence electrons. The molecule has 0 bridgehead atoms. The summed E-state index contributed by atoms with van der Waals surface area (Å²) >= 11 is 0. The quantitative estimate of drug-likeness (QED) is 0.119. The first-order valence-electron chi connectivity index (χ1n) is 23.4. The maximum atomic E-state index is 2.45. The fraction of sp³-hybridized carbons (Fsp3) is 0. The molecule has 0 heterocycles. The minimum Gasteiger partial charge on any atom is -0.310 e. The van der Waals surface area contributed by atoms with Crippen molar-refractivity contribution < 1.29 is 0 Å². The molecule has 15 aromatic carbocycles. The Morgan fingerprint density at radius 2 is 0.537 bits per heavy atom. The van der Waals surface area contributed by atoms with E-state index in [0.717, 1.165) is 17.1 Å². The second kappa shape index (κ2) is 13.9. The summed E-state index contributed by atoms with van der Waals surface area (Å²) in [5.41, 5.74) is 11.0. The number of nitrogens with zero attached hydrogens (tertiary/aromatic N) is 1. The van der Waals surface area contributed by atoms with Crippen LogP contribution in [0.2, 0.25) is 0 Å². The molecule has 0 saturated carbocycles. The molecule has 0 aromatic heterocycles. The van der Waals surface area contributed by atoms with Crippen molar-refractivity contribution in [2.75, 3.05) is 4.90 Å². The lowest BCUT2D eigenvalue weighted by Crippen LogP contribution is -2.10. The van der Waals surface area contributed by atoms with Gasteiger partial charge in [0.15, 0.2) is 0 Å². The van der Waals surface area contributed by atoms with Gasteiger partial charge in [0.05, 0.1) is 5.69 Å². The predicted molar refractivity (Wildman–Crippen MR) is 289 cm³/mol. The van der Waals surface area contributed by atoms with E-state index >= 15 is 0 Å². The molecule has 0 aliphatic heterocycles. The largest absolute Gasteiger partial charge is 0.310 e. The summed E-state index contributed by atoms with van der Waals surface area (Å²) in [6.45, 7) is 0. The average Bonchev–Trinajstić information content (AvgIpc) is 3.92. The molecular weight excluding hydrogens is 807 g/mol. The Morgan fingerprint density at radius 3 is 1.09 bits per heavy atom. The van der Waals surface area contributed by atoms with Crippen molar-refractivity contribution in [1.29, 1.82) is 0 Å². The van der Waals surface area contributed by atoms with Gasteiger partial charge in [0.1, 0.15) is 0 Å². The molecule has 0 fully saturated rings. The molecule has 0 saturated heterocycles. The highest BCUT2D eigenvalue weighted by atomic mass is 15.1. The Bertz CT molecular complexity index is 4200. The lowest BCUT2D eigenvalue weighted by atomic mass is 9.86. The first-order chi connectivity index (χ1) is 33.3. The van der Waals surface area contributed by atoms with Gasteiger partial charge in [-0.1, -0.05) is 206 Å². The summed E-state index contributed by atoms with van der Waals surface area (Å²) in [7, 11) is 0. The van der Waals surface area contributed by atoms with E-state index in [1.807, 2.05) is 0 Å². The number of anilines is 3. The van der Waals surface area contributed by atoms with E-state index in [4.69, 9.17) is 0 Å². The number of fused-ring (bicyclic) bond motifs is 8. The van der Waals surface area contributed by atoms with Crippen molar-refractivity contribution in [2.45, 2.75) is 0 Å². The van der Waals surface area contributed by atoms with Crippen molar-refractivity contribution >= 4 is 114 Å². The molecule has 0 atom stereocenters. The summed E-state index contributed by atoms with van der Waals surface area (Å²) in [4.78, 5) is 2.42. The van der Waals surface area contributed by atoms with Gasteiger partial charge in [-0.2, -0.15) is 0 Å². The van der Waals surface area contributed by atoms with Crippen LogP contribution in [0.25, 0.3) is 130 Å². The maximum Gasteiger partial charge on any atom is 0.0540 e. The second-order valence-electron chi connectivity index (χ2n) is 18.2. The first kappa shape index (κ1) is 36.5. The lowest BCUT2D eigenvalue weighted by Gasteiger charge is -2.27. The minimum absolute atomic E-state index is 1.13. The van der Waals surface area contributed by atoms with Crippen molar-refractivity contribution in [3.05, 3.63) is 237 Å². The standard InChI is InChI=1S/C66H39N/c1-6-18-40(19-7-1)45-32-33-48-50-35-37-55-62-54(36-34-49(61(50)62)47-29-16-28-46(45)59(47)48)65-57(41-20-8-2-9-21-41)63-52-31-17-30-51-56(67(43-24-12-4-13-25-43)44-26-14-5-15-27-44)39-38-53(60(51)52)64(63)58(66(55)65)42-22-10-3-11-23-42/h1-39H. The van der Waals surface area contributed by atoms with Crippen LogP contribution in [-0.2, 0) is 0 Å². The van der Waals surface area contributed by atoms with Crippen LogP contribution in [0, 0.1) is 0 Å². The molecule has 0 N–H and O–H groups in total. The van der Waals surface area contributed by atoms with E-state index in [1.165, 1.54) is 130 Å². The van der Waals surface area contributed by atoms with Gasteiger partial charge >= 0.3 is 0 Å². The number of hydrogen-bond donors (Lipinski definition) is 0. The lowest BCUT2D eigenvalue weighted by molar-refractivity contribution is 1.30.